The summed E-state index contributed by atoms with van der Waals surface area (Å²) in [5.74, 6) is -0.524. The molecule has 0 amide bonds. The van der Waals surface area contributed by atoms with E-state index in [0.717, 1.165) is 0 Å². The van der Waals surface area contributed by atoms with E-state index in [9.17, 15) is 4.79 Å². The molecule has 0 fully saturated rings. The van der Waals surface area contributed by atoms with E-state index in [4.69, 9.17) is 10.2 Å². The molecule has 0 aliphatic rings. The first-order chi connectivity index (χ1) is 6.57. The largest absolute Gasteiger partial charge is 0.477 e. The zero-order chi connectivity index (χ0) is 10.7. The molecular weight excluding hydrogens is 186 g/mol. The number of carboxylic acid groups (broad SMARTS) is 1. The van der Waals surface area contributed by atoms with Gasteiger partial charge in [-0.15, -0.1) is 0 Å². The van der Waals surface area contributed by atoms with Gasteiger partial charge in [-0.3, -0.25) is 4.68 Å². The Balaban J connectivity index is 3.04. The molecule has 0 atom stereocenters. The average molecular weight is 199 g/mol. The van der Waals surface area contributed by atoms with E-state index >= 15 is 0 Å². The first-order valence-electron chi connectivity index (χ1n) is 4.15. The Hall–Kier alpha value is -1.56. The predicted molar refractivity (Wildman–Crippen MR) is 50.5 cm³/mol. The maximum atomic E-state index is 10.8. The van der Waals surface area contributed by atoms with Gasteiger partial charge in [-0.2, -0.15) is 5.10 Å². The normalized spacial score (nSPS) is 10.2. The highest BCUT2D eigenvalue weighted by Crippen LogP contribution is 2.17. The second-order valence-corrected chi connectivity index (χ2v) is 2.96. The van der Waals surface area contributed by atoms with Gasteiger partial charge in [0.15, 0.2) is 0 Å². The Bertz CT molecular complexity index is 335. The minimum absolute atomic E-state index is 0.0270. The van der Waals surface area contributed by atoms with Gasteiger partial charge < -0.3 is 15.1 Å². The highest BCUT2D eigenvalue weighted by Gasteiger charge is 2.17. The second-order valence-electron chi connectivity index (χ2n) is 2.96. The number of carbonyl (C=O) groups is 1. The minimum Gasteiger partial charge on any atom is -0.477 e. The van der Waals surface area contributed by atoms with Crippen LogP contribution in [0, 0.1) is 0 Å². The summed E-state index contributed by atoms with van der Waals surface area (Å²) in [6.45, 7) is 0.348. The molecule has 0 unspecified atom stereocenters. The molecule has 1 rings (SSSR count). The third kappa shape index (κ3) is 1.85. The van der Waals surface area contributed by atoms with Gasteiger partial charge in [-0.25, -0.2) is 4.79 Å². The van der Waals surface area contributed by atoms with Gasteiger partial charge in [0.2, 0.25) is 0 Å². The van der Waals surface area contributed by atoms with Crippen LogP contribution in [0.25, 0.3) is 0 Å². The van der Waals surface area contributed by atoms with Gasteiger partial charge in [0.1, 0.15) is 11.4 Å². The number of aryl methyl sites for hydroxylation is 1. The van der Waals surface area contributed by atoms with Crippen LogP contribution in [-0.4, -0.2) is 46.2 Å². The third-order valence-electron chi connectivity index (χ3n) is 1.93. The van der Waals surface area contributed by atoms with Gasteiger partial charge in [0, 0.05) is 20.6 Å². The first-order valence-corrected chi connectivity index (χ1v) is 4.15. The highest BCUT2D eigenvalue weighted by atomic mass is 16.4. The first kappa shape index (κ1) is 10.5. The number of hydrogen-bond donors (Lipinski definition) is 2. The number of likely N-dealkylation sites (N-methyl/N-ethyl adjacent to an activating group) is 1. The van der Waals surface area contributed by atoms with Crippen LogP contribution in [-0.2, 0) is 7.05 Å². The topological polar surface area (TPSA) is 78.6 Å². The van der Waals surface area contributed by atoms with E-state index < -0.39 is 5.97 Å². The van der Waals surface area contributed by atoms with Crippen molar-refractivity contribution in [1.29, 1.82) is 0 Å². The number of aliphatic hydroxyl groups excluding tert-OH is 1. The lowest BCUT2D eigenvalue weighted by atomic mass is 10.3. The van der Waals surface area contributed by atoms with E-state index in [0.29, 0.717) is 12.4 Å². The van der Waals surface area contributed by atoms with Crippen molar-refractivity contribution in [2.45, 2.75) is 0 Å². The molecule has 0 radical (unpaired) electrons. The van der Waals surface area contributed by atoms with Crippen LogP contribution >= 0.6 is 0 Å². The Morgan fingerprint density at radius 3 is 2.86 bits per heavy atom. The van der Waals surface area contributed by atoms with Gasteiger partial charge in [0.05, 0.1) is 12.8 Å². The van der Waals surface area contributed by atoms with Crippen molar-refractivity contribution in [3.05, 3.63) is 11.8 Å². The van der Waals surface area contributed by atoms with Crippen LogP contribution in [0.1, 0.15) is 10.4 Å². The van der Waals surface area contributed by atoms with Crippen molar-refractivity contribution in [3.63, 3.8) is 0 Å². The van der Waals surface area contributed by atoms with Crippen LogP contribution < -0.4 is 4.90 Å². The SMILES string of the molecule is CN(CCO)c1c(C(=O)O)cnn1C. The van der Waals surface area contributed by atoms with E-state index in [-0.39, 0.29) is 12.2 Å². The quantitative estimate of drug-likeness (QED) is 0.686. The standard InChI is InChI=1S/C8H13N3O3/c1-10(3-4-12)7-6(8(13)14)5-9-11(7)2/h5,12H,3-4H2,1-2H3,(H,13,14). The summed E-state index contributed by atoms with van der Waals surface area (Å²) < 4.78 is 1.47. The lowest BCUT2D eigenvalue weighted by Gasteiger charge is -2.18. The Kier molecular flexibility index (Phi) is 3.08. The second kappa shape index (κ2) is 4.10. The average Bonchev–Trinajstić information content (AvgIpc) is 2.47. The van der Waals surface area contributed by atoms with Crippen LogP contribution in [0.4, 0.5) is 5.82 Å². The Morgan fingerprint density at radius 1 is 1.71 bits per heavy atom. The molecule has 14 heavy (non-hydrogen) atoms. The summed E-state index contributed by atoms with van der Waals surface area (Å²) in [5, 5.41) is 21.4. The van der Waals surface area contributed by atoms with E-state index in [1.54, 1.807) is 19.0 Å². The number of nitrogens with zero attached hydrogens (tertiary/aromatic N) is 3. The van der Waals surface area contributed by atoms with E-state index in [1.165, 1.54) is 10.9 Å². The summed E-state index contributed by atoms with van der Waals surface area (Å²) in [5.41, 5.74) is 0.142. The molecule has 6 nitrogen and oxygen atoms in total. The van der Waals surface area contributed by atoms with Gasteiger partial charge in [-0.1, -0.05) is 0 Å². The number of aromatic nitrogens is 2. The fraction of sp³-hybridized carbons (Fsp3) is 0.500. The molecule has 0 aliphatic heterocycles. The molecule has 2 N–H and O–H groups in total. The molecule has 0 aromatic carbocycles. The lowest BCUT2D eigenvalue weighted by Crippen LogP contribution is -2.25. The fourth-order valence-electron chi connectivity index (χ4n) is 1.29. The zero-order valence-electron chi connectivity index (χ0n) is 8.14. The van der Waals surface area contributed by atoms with Crippen LogP contribution in [0.15, 0.2) is 6.20 Å². The smallest absolute Gasteiger partial charge is 0.341 e. The molecule has 0 saturated carbocycles. The van der Waals surface area contributed by atoms with Crippen molar-refractivity contribution in [2.24, 2.45) is 7.05 Å². The van der Waals surface area contributed by atoms with Crippen molar-refractivity contribution >= 4 is 11.8 Å². The summed E-state index contributed by atoms with van der Waals surface area (Å²) in [6.07, 6.45) is 1.30. The number of rotatable bonds is 4. The molecule has 6 heteroatoms. The summed E-state index contributed by atoms with van der Waals surface area (Å²) in [6, 6.07) is 0. The van der Waals surface area contributed by atoms with Crippen molar-refractivity contribution in [1.82, 2.24) is 9.78 Å². The Labute approximate surface area is 81.4 Å². The number of hydrogen-bond acceptors (Lipinski definition) is 4. The molecule has 1 aromatic heterocycles. The molecule has 0 bridgehead atoms. The monoisotopic (exact) mass is 199 g/mol. The van der Waals surface area contributed by atoms with Crippen molar-refractivity contribution in [2.75, 3.05) is 25.1 Å². The highest BCUT2D eigenvalue weighted by molar-refractivity contribution is 5.93. The van der Waals surface area contributed by atoms with Gasteiger partial charge in [-0.05, 0) is 0 Å². The van der Waals surface area contributed by atoms with Gasteiger partial charge >= 0.3 is 5.97 Å². The van der Waals surface area contributed by atoms with Crippen LogP contribution in [0.2, 0.25) is 0 Å². The predicted octanol–water partition coefficient (Wildman–Crippen LogP) is -0.453. The number of anilines is 1. The Morgan fingerprint density at radius 2 is 2.36 bits per heavy atom. The molecule has 0 spiro atoms. The maximum absolute atomic E-state index is 10.8. The van der Waals surface area contributed by atoms with Crippen LogP contribution in [0.5, 0.6) is 0 Å². The van der Waals surface area contributed by atoms with E-state index in [1.807, 2.05) is 0 Å². The molecule has 0 aliphatic carbocycles. The number of aromatic carboxylic acids is 1. The number of carboxylic acids is 1. The number of aliphatic hydroxyl groups is 1. The zero-order valence-corrected chi connectivity index (χ0v) is 8.14. The van der Waals surface area contributed by atoms with Crippen molar-refractivity contribution < 1.29 is 15.0 Å². The van der Waals surface area contributed by atoms with Crippen LogP contribution in [0.3, 0.4) is 0 Å². The summed E-state index contributed by atoms with van der Waals surface area (Å²) >= 11 is 0. The molecule has 1 aromatic rings. The molecule has 1 heterocycles. The minimum atomic E-state index is -1.02. The molecular formula is C8H13N3O3. The summed E-state index contributed by atoms with van der Waals surface area (Å²) in [4.78, 5) is 12.5. The van der Waals surface area contributed by atoms with Gasteiger partial charge in [0.25, 0.3) is 0 Å². The molecule has 0 saturated heterocycles. The van der Waals surface area contributed by atoms with Crippen molar-refractivity contribution in [3.8, 4) is 0 Å². The summed E-state index contributed by atoms with van der Waals surface area (Å²) in [7, 11) is 3.37. The fourth-order valence-corrected chi connectivity index (χ4v) is 1.29. The molecule has 78 valence electrons. The third-order valence-corrected chi connectivity index (χ3v) is 1.93. The lowest BCUT2D eigenvalue weighted by molar-refractivity contribution is 0.0697. The maximum Gasteiger partial charge on any atom is 0.341 e. The van der Waals surface area contributed by atoms with E-state index in [2.05, 4.69) is 5.10 Å².